The van der Waals surface area contributed by atoms with Gasteiger partial charge in [-0.2, -0.15) is 0 Å². The fraction of sp³-hybridized carbons (Fsp3) is 0.571. The maximum absolute atomic E-state index is 12.5. The standard InChI is InChI=1S/C21H30N2O3/c1-21(2,3)26-20(24)22-19-17-10-6-5-8-15(17)11-12-18(19)23-13-7-9-16(23)14-25-4/h5-6,8,10-12,16,18-19H,7,9,13-14H2,1-4H3,(H,22,24)/t16-,18+,19+/m0/s1. The Morgan fingerprint density at radius 1 is 1.31 bits per heavy atom. The summed E-state index contributed by atoms with van der Waals surface area (Å²) in [6.45, 7) is 7.37. The molecule has 5 heteroatoms. The predicted molar refractivity (Wildman–Crippen MR) is 103 cm³/mol. The molecule has 1 fully saturated rings. The van der Waals surface area contributed by atoms with Gasteiger partial charge in [0.2, 0.25) is 0 Å². The Kier molecular flexibility index (Phi) is 5.68. The van der Waals surface area contributed by atoms with Crippen LogP contribution in [-0.4, -0.2) is 48.9 Å². The van der Waals surface area contributed by atoms with Crippen LogP contribution in [0.1, 0.15) is 50.8 Å². The van der Waals surface area contributed by atoms with Crippen LogP contribution < -0.4 is 5.32 Å². The number of ether oxygens (including phenoxy) is 2. The van der Waals surface area contributed by atoms with E-state index in [0.29, 0.717) is 12.6 Å². The molecule has 26 heavy (non-hydrogen) atoms. The van der Waals surface area contributed by atoms with Gasteiger partial charge >= 0.3 is 6.09 Å². The molecule has 2 aliphatic rings. The summed E-state index contributed by atoms with van der Waals surface area (Å²) in [6.07, 6.45) is 6.27. The van der Waals surface area contributed by atoms with E-state index in [-0.39, 0.29) is 18.2 Å². The van der Waals surface area contributed by atoms with E-state index in [1.54, 1.807) is 7.11 Å². The lowest BCUT2D eigenvalue weighted by atomic mass is 9.88. The zero-order valence-corrected chi connectivity index (χ0v) is 16.2. The number of amides is 1. The van der Waals surface area contributed by atoms with Gasteiger partial charge in [0.25, 0.3) is 0 Å². The summed E-state index contributed by atoms with van der Waals surface area (Å²) < 4.78 is 10.9. The van der Waals surface area contributed by atoms with Crippen molar-refractivity contribution in [3.8, 4) is 0 Å². The Hall–Kier alpha value is -1.85. The van der Waals surface area contributed by atoms with Crippen molar-refractivity contribution in [3.63, 3.8) is 0 Å². The first kappa shape index (κ1) is 18.9. The van der Waals surface area contributed by atoms with Crippen molar-refractivity contribution in [2.24, 2.45) is 0 Å². The van der Waals surface area contributed by atoms with Gasteiger partial charge in [0.05, 0.1) is 18.7 Å². The van der Waals surface area contributed by atoms with Crippen LogP contribution in [0.3, 0.4) is 0 Å². The summed E-state index contributed by atoms with van der Waals surface area (Å²) in [4.78, 5) is 15.0. The lowest BCUT2D eigenvalue weighted by molar-refractivity contribution is 0.0443. The van der Waals surface area contributed by atoms with E-state index in [1.165, 1.54) is 0 Å². The van der Waals surface area contributed by atoms with Crippen LogP contribution >= 0.6 is 0 Å². The van der Waals surface area contributed by atoms with Gasteiger partial charge in [0.15, 0.2) is 0 Å². The lowest BCUT2D eigenvalue weighted by Gasteiger charge is -2.39. The van der Waals surface area contributed by atoms with Gasteiger partial charge in [-0.05, 0) is 51.3 Å². The molecular formula is C21H30N2O3. The molecule has 1 aromatic rings. The highest BCUT2D eigenvalue weighted by Crippen LogP contribution is 2.34. The third-order valence-electron chi connectivity index (χ3n) is 4.98. The fourth-order valence-electron chi connectivity index (χ4n) is 3.96. The molecule has 1 aromatic carbocycles. The number of hydrogen-bond acceptors (Lipinski definition) is 4. The molecule has 0 aromatic heterocycles. The Labute approximate surface area is 156 Å². The molecule has 3 atom stereocenters. The highest BCUT2D eigenvalue weighted by atomic mass is 16.6. The summed E-state index contributed by atoms with van der Waals surface area (Å²) in [6, 6.07) is 8.57. The quantitative estimate of drug-likeness (QED) is 0.890. The van der Waals surface area contributed by atoms with Crippen molar-refractivity contribution in [2.75, 3.05) is 20.3 Å². The van der Waals surface area contributed by atoms with Crippen LogP contribution in [0.5, 0.6) is 0 Å². The maximum Gasteiger partial charge on any atom is 0.408 e. The van der Waals surface area contributed by atoms with E-state index in [2.05, 4.69) is 34.5 Å². The Bertz CT molecular complexity index is 665. The molecule has 1 N–H and O–H groups in total. The van der Waals surface area contributed by atoms with Crippen molar-refractivity contribution in [3.05, 3.63) is 41.5 Å². The minimum atomic E-state index is -0.518. The average molecular weight is 358 g/mol. The number of nitrogens with zero attached hydrogens (tertiary/aromatic N) is 1. The molecule has 0 saturated carbocycles. The number of fused-ring (bicyclic) bond motifs is 1. The third kappa shape index (κ3) is 4.27. The van der Waals surface area contributed by atoms with Crippen molar-refractivity contribution in [1.29, 1.82) is 0 Å². The summed E-state index contributed by atoms with van der Waals surface area (Å²) in [5.74, 6) is 0. The number of carbonyl (C=O) groups is 1. The van der Waals surface area contributed by atoms with Gasteiger partial charge in [0, 0.05) is 13.2 Å². The number of alkyl carbamates (subject to hydrolysis) is 1. The highest BCUT2D eigenvalue weighted by Gasteiger charge is 2.38. The molecule has 5 nitrogen and oxygen atoms in total. The van der Waals surface area contributed by atoms with Gasteiger partial charge in [-0.25, -0.2) is 4.79 Å². The lowest BCUT2D eigenvalue weighted by Crippen LogP contribution is -2.50. The van der Waals surface area contributed by atoms with E-state index < -0.39 is 5.60 Å². The minimum Gasteiger partial charge on any atom is -0.444 e. The van der Waals surface area contributed by atoms with Crippen LogP contribution in [0.25, 0.3) is 6.08 Å². The molecule has 142 valence electrons. The smallest absolute Gasteiger partial charge is 0.408 e. The molecule has 0 radical (unpaired) electrons. The second-order valence-electron chi connectivity index (χ2n) is 8.09. The molecule has 1 heterocycles. The van der Waals surface area contributed by atoms with Gasteiger partial charge in [-0.15, -0.1) is 0 Å². The maximum atomic E-state index is 12.5. The molecule has 3 rings (SSSR count). The van der Waals surface area contributed by atoms with Crippen LogP contribution in [0.15, 0.2) is 30.3 Å². The molecule has 1 aliphatic carbocycles. The Balaban J connectivity index is 1.86. The largest absolute Gasteiger partial charge is 0.444 e. The number of hydrogen-bond donors (Lipinski definition) is 1. The normalized spacial score (nSPS) is 25.8. The third-order valence-corrected chi connectivity index (χ3v) is 4.98. The van der Waals surface area contributed by atoms with Gasteiger partial charge in [-0.1, -0.05) is 36.4 Å². The molecule has 0 spiro atoms. The second-order valence-corrected chi connectivity index (χ2v) is 8.09. The van der Waals surface area contributed by atoms with Gasteiger partial charge in [0.1, 0.15) is 5.60 Å². The summed E-state index contributed by atoms with van der Waals surface area (Å²) in [7, 11) is 1.75. The first-order valence-corrected chi connectivity index (χ1v) is 9.40. The number of carbonyl (C=O) groups excluding carboxylic acids is 1. The predicted octanol–water partition coefficient (Wildman–Crippen LogP) is 3.76. The zero-order valence-electron chi connectivity index (χ0n) is 16.2. The van der Waals surface area contributed by atoms with Gasteiger partial charge < -0.3 is 14.8 Å². The average Bonchev–Trinajstić information content (AvgIpc) is 3.02. The molecule has 0 unspecified atom stereocenters. The van der Waals surface area contributed by atoms with E-state index in [1.807, 2.05) is 32.9 Å². The second kappa shape index (κ2) is 7.80. The monoisotopic (exact) mass is 358 g/mol. The zero-order chi connectivity index (χ0) is 18.7. The topological polar surface area (TPSA) is 50.8 Å². The number of rotatable bonds is 4. The van der Waals surface area contributed by atoms with E-state index >= 15 is 0 Å². The molecule has 0 bridgehead atoms. The van der Waals surface area contributed by atoms with Crippen molar-refractivity contribution >= 4 is 12.2 Å². The number of nitrogens with one attached hydrogen (secondary N) is 1. The van der Waals surface area contributed by atoms with Crippen molar-refractivity contribution in [1.82, 2.24) is 10.2 Å². The summed E-state index contributed by atoms with van der Waals surface area (Å²) in [5, 5.41) is 3.13. The van der Waals surface area contributed by atoms with Crippen LogP contribution in [-0.2, 0) is 9.47 Å². The van der Waals surface area contributed by atoms with E-state index in [0.717, 1.165) is 30.5 Å². The Morgan fingerprint density at radius 3 is 2.81 bits per heavy atom. The number of likely N-dealkylation sites (tertiary alicyclic amines) is 1. The first-order valence-electron chi connectivity index (χ1n) is 9.40. The van der Waals surface area contributed by atoms with Crippen molar-refractivity contribution in [2.45, 2.75) is 57.3 Å². The highest BCUT2D eigenvalue weighted by molar-refractivity contribution is 5.70. The number of benzene rings is 1. The fourth-order valence-corrected chi connectivity index (χ4v) is 3.96. The first-order chi connectivity index (χ1) is 12.4. The molecule has 1 amide bonds. The summed E-state index contributed by atoms with van der Waals surface area (Å²) >= 11 is 0. The summed E-state index contributed by atoms with van der Waals surface area (Å²) in [5.41, 5.74) is 1.76. The van der Waals surface area contributed by atoms with Crippen LogP contribution in [0, 0.1) is 0 Å². The molecule has 1 aliphatic heterocycles. The molecular weight excluding hydrogens is 328 g/mol. The van der Waals surface area contributed by atoms with Gasteiger partial charge in [-0.3, -0.25) is 4.90 Å². The Morgan fingerprint density at radius 2 is 2.08 bits per heavy atom. The van der Waals surface area contributed by atoms with Crippen molar-refractivity contribution < 1.29 is 14.3 Å². The molecule has 1 saturated heterocycles. The van der Waals surface area contributed by atoms with E-state index in [4.69, 9.17) is 9.47 Å². The van der Waals surface area contributed by atoms with Crippen LogP contribution in [0.4, 0.5) is 4.79 Å². The SMILES string of the molecule is COC[C@@H]1CCCN1[C@@H]1C=Cc2ccccc2[C@H]1NC(=O)OC(C)(C)C. The van der Waals surface area contributed by atoms with E-state index in [9.17, 15) is 4.79 Å². The van der Waals surface area contributed by atoms with Crippen LogP contribution in [0.2, 0.25) is 0 Å². The number of methoxy groups -OCH3 is 1. The minimum absolute atomic E-state index is 0.0973.